The van der Waals surface area contributed by atoms with E-state index < -0.39 is 4.92 Å². The van der Waals surface area contributed by atoms with Crippen molar-refractivity contribution in [1.29, 1.82) is 0 Å². The van der Waals surface area contributed by atoms with Gasteiger partial charge in [-0.05, 0) is 22.6 Å². The van der Waals surface area contributed by atoms with E-state index in [1.165, 1.54) is 16.9 Å². The van der Waals surface area contributed by atoms with E-state index in [9.17, 15) is 14.9 Å². The zero-order valence-corrected chi connectivity index (χ0v) is 12.1. The topological polar surface area (TPSA) is 90.1 Å². The van der Waals surface area contributed by atoms with Crippen molar-refractivity contribution in [2.45, 2.75) is 13.1 Å². The molecule has 1 amide bonds. The summed E-state index contributed by atoms with van der Waals surface area (Å²) in [7, 11) is 0. The van der Waals surface area contributed by atoms with Crippen molar-refractivity contribution in [1.82, 2.24) is 15.1 Å². The van der Waals surface area contributed by atoms with Gasteiger partial charge in [0.25, 0.3) is 0 Å². The summed E-state index contributed by atoms with van der Waals surface area (Å²) in [6.45, 7) is 0.122. The molecule has 0 aliphatic heterocycles. The number of halogens is 2. The molecule has 1 aromatic carbocycles. The van der Waals surface area contributed by atoms with Crippen LogP contribution in [-0.2, 0) is 17.9 Å². The molecule has 21 heavy (non-hydrogen) atoms. The molecule has 0 fully saturated rings. The third-order valence-electron chi connectivity index (χ3n) is 2.61. The SMILES string of the molecule is O=C(Cn1ccc([N+](=O)[O-])n1)NCc1ccc(Cl)cc1Cl. The van der Waals surface area contributed by atoms with Gasteiger partial charge in [0.2, 0.25) is 5.91 Å². The van der Waals surface area contributed by atoms with Crippen molar-refractivity contribution in [3.8, 4) is 0 Å². The number of carbonyl (C=O) groups is 1. The molecule has 0 spiro atoms. The van der Waals surface area contributed by atoms with Crippen LogP contribution in [-0.4, -0.2) is 20.6 Å². The molecule has 0 aliphatic rings. The molecule has 0 unspecified atom stereocenters. The van der Waals surface area contributed by atoms with E-state index in [0.29, 0.717) is 10.0 Å². The second kappa shape index (κ2) is 6.55. The van der Waals surface area contributed by atoms with Crippen LogP contribution in [0.1, 0.15) is 5.56 Å². The Bertz CT molecular complexity index is 687. The molecule has 1 N–H and O–H groups in total. The summed E-state index contributed by atoms with van der Waals surface area (Å²) in [5, 5.41) is 17.7. The molecule has 0 saturated heterocycles. The Kier molecular flexibility index (Phi) is 4.77. The zero-order valence-electron chi connectivity index (χ0n) is 10.6. The van der Waals surface area contributed by atoms with Crippen LogP contribution < -0.4 is 5.32 Å². The summed E-state index contributed by atoms with van der Waals surface area (Å²) in [6.07, 6.45) is 1.37. The number of nitrogens with zero attached hydrogens (tertiary/aromatic N) is 3. The highest BCUT2D eigenvalue weighted by atomic mass is 35.5. The van der Waals surface area contributed by atoms with Crippen molar-refractivity contribution < 1.29 is 9.72 Å². The molecule has 1 heterocycles. The highest BCUT2D eigenvalue weighted by molar-refractivity contribution is 6.35. The van der Waals surface area contributed by atoms with Crippen molar-refractivity contribution in [3.05, 3.63) is 56.2 Å². The Hall–Kier alpha value is -2.12. The fourth-order valence-corrected chi connectivity index (χ4v) is 2.07. The number of hydrogen-bond acceptors (Lipinski definition) is 4. The van der Waals surface area contributed by atoms with Crippen molar-refractivity contribution in [3.63, 3.8) is 0 Å². The lowest BCUT2D eigenvalue weighted by molar-refractivity contribution is -0.389. The Morgan fingerprint density at radius 3 is 2.76 bits per heavy atom. The monoisotopic (exact) mass is 328 g/mol. The molecule has 9 heteroatoms. The number of nitrogens with one attached hydrogen (secondary N) is 1. The maximum Gasteiger partial charge on any atom is 0.389 e. The molecule has 2 rings (SSSR count). The fourth-order valence-electron chi connectivity index (χ4n) is 1.60. The molecule has 110 valence electrons. The molecule has 0 saturated carbocycles. The first kappa shape index (κ1) is 15.3. The Morgan fingerprint density at radius 2 is 2.14 bits per heavy atom. The minimum atomic E-state index is -0.623. The van der Waals surface area contributed by atoms with Crippen molar-refractivity contribution in [2.75, 3.05) is 0 Å². The molecular weight excluding hydrogens is 319 g/mol. The second-order valence-electron chi connectivity index (χ2n) is 4.14. The van der Waals surface area contributed by atoms with Crippen LogP contribution in [0.3, 0.4) is 0 Å². The van der Waals surface area contributed by atoms with Gasteiger partial charge in [-0.2, -0.15) is 4.68 Å². The molecule has 2 aromatic rings. The van der Waals surface area contributed by atoms with Crippen LogP contribution in [0.5, 0.6) is 0 Å². The third kappa shape index (κ3) is 4.17. The van der Waals surface area contributed by atoms with Gasteiger partial charge >= 0.3 is 5.82 Å². The Balaban J connectivity index is 1.91. The van der Waals surface area contributed by atoms with E-state index in [1.54, 1.807) is 18.2 Å². The number of nitro groups is 1. The predicted octanol–water partition coefficient (Wildman–Crippen LogP) is 2.41. The number of benzene rings is 1. The molecular formula is C12H10Cl2N4O3. The average molecular weight is 329 g/mol. The summed E-state index contributed by atoms with van der Waals surface area (Å²) in [5.74, 6) is -0.637. The van der Waals surface area contributed by atoms with Gasteiger partial charge in [0.1, 0.15) is 6.54 Å². The van der Waals surface area contributed by atoms with E-state index in [-0.39, 0.29) is 24.8 Å². The summed E-state index contributed by atoms with van der Waals surface area (Å²) in [6, 6.07) is 6.19. The van der Waals surface area contributed by atoms with Crippen LogP contribution in [0.15, 0.2) is 30.5 Å². The number of carbonyl (C=O) groups excluding carboxylic acids is 1. The van der Waals surface area contributed by atoms with Gasteiger partial charge in [-0.15, -0.1) is 0 Å². The van der Waals surface area contributed by atoms with Crippen LogP contribution in [0, 0.1) is 10.1 Å². The average Bonchev–Trinajstić information content (AvgIpc) is 2.86. The van der Waals surface area contributed by atoms with Crippen LogP contribution in [0.4, 0.5) is 5.82 Å². The first-order valence-electron chi connectivity index (χ1n) is 5.84. The lowest BCUT2D eigenvalue weighted by Gasteiger charge is -2.06. The van der Waals surface area contributed by atoms with Gasteiger partial charge in [-0.25, -0.2) is 0 Å². The van der Waals surface area contributed by atoms with Crippen LogP contribution in [0.2, 0.25) is 10.0 Å². The molecule has 0 atom stereocenters. The summed E-state index contributed by atoms with van der Waals surface area (Å²) >= 11 is 11.8. The molecule has 7 nitrogen and oxygen atoms in total. The minimum Gasteiger partial charge on any atom is -0.358 e. The number of amides is 1. The number of rotatable bonds is 5. The van der Waals surface area contributed by atoms with E-state index in [0.717, 1.165) is 5.56 Å². The molecule has 0 aliphatic carbocycles. The third-order valence-corrected chi connectivity index (χ3v) is 3.20. The maximum atomic E-state index is 11.7. The van der Waals surface area contributed by atoms with Crippen molar-refractivity contribution in [2.24, 2.45) is 0 Å². The molecule has 0 bridgehead atoms. The normalized spacial score (nSPS) is 10.4. The lowest BCUT2D eigenvalue weighted by Crippen LogP contribution is -2.27. The fraction of sp³-hybridized carbons (Fsp3) is 0.167. The lowest BCUT2D eigenvalue weighted by atomic mass is 10.2. The Labute approximate surface area is 129 Å². The van der Waals surface area contributed by atoms with E-state index in [4.69, 9.17) is 23.2 Å². The van der Waals surface area contributed by atoms with Crippen LogP contribution in [0.25, 0.3) is 0 Å². The Morgan fingerprint density at radius 1 is 1.38 bits per heavy atom. The second-order valence-corrected chi connectivity index (χ2v) is 4.98. The standard InChI is InChI=1S/C12H10Cl2N4O3/c13-9-2-1-8(10(14)5-9)6-15-12(19)7-17-4-3-11(16-17)18(20)21/h1-5H,6-7H2,(H,15,19). The van der Waals surface area contributed by atoms with Gasteiger partial charge in [0, 0.05) is 16.6 Å². The molecule has 0 radical (unpaired) electrons. The van der Waals surface area contributed by atoms with Gasteiger partial charge in [-0.1, -0.05) is 29.3 Å². The van der Waals surface area contributed by atoms with Gasteiger partial charge in [0.05, 0.1) is 17.4 Å². The van der Waals surface area contributed by atoms with Gasteiger partial charge < -0.3 is 15.4 Å². The zero-order chi connectivity index (χ0) is 15.4. The van der Waals surface area contributed by atoms with Crippen molar-refractivity contribution >= 4 is 34.9 Å². The maximum absolute atomic E-state index is 11.7. The van der Waals surface area contributed by atoms with E-state index >= 15 is 0 Å². The van der Waals surface area contributed by atoms with E-state index in [1.807, 2.05) is 0 Å². The summed E-state index contributed by atoms with van der Waals surface area (Å²) in [5.41, 5.74) is 0.723. The van der Waals surface area contributed by atoms with Gasteiger partial charge in [0.15, 0.2) is 0 Å². The first-order valence-corrected chi connectivity index (χ1v) is 6.60. The number of aromatic nitrogens is 2. The smallest absolute Gasteiger partial charge is 0.358 e. The summed E-state index contributed by atoms with van der Waals surface area (Å²) in [4.78, 5) is 21.6. The van der Waals surface area contributed by atoms with Gasteiger partial charge in [-0.3, -0.25) is 4.79 Å². The first-order chi connectivity index (χ1) is 9.95. The largest absolute Gasteiger partial charge is 0.389 e. The minimum absolute atomic E-state index is 0.112. The van der Waals surface area contributed by atoms with Crippen LogP contribution >= 0.6 is 23.2 Å². The summed E-state index contributed by atoms with van der Waals surface area (Å²) < 4.78 is 1.19. The predicted molar refractivity (Wildman–Crippen MR) is 77.2 cm³/mol. The highest BCUT2D eigenvalue weighted by Crippen LogP contribution is 2.20. The quantitative estimate of drug-likeness (QED) is 0.674. The number of hydrogen-bond donors (Lipinski definition) is 1. The van der Waals surface area contributed by atoms with E-state index in [2.05, 4.69) is 10.4 Å². The molecule has 1 aromatic heterocycles. The highest BCUT2D eigenvalue weighted by Gasteiger charge is 2.13.